The molecule has 1 saturated carbocycles. The second-order valence-corrected chi connectivity index (χ2v) is 6.80. The van der Waals surface area contributed by atoms with Crippen molar-refractivity contribution in [1.82, 2.24) is 9.80 Å². The normalized spacial score (nSPS) is 31.7. The van der Waals surface area contributed by atoms with Gasteiger partial charge in [0.25, 0.3) is 0 Å². The van der Waals surface area contributed by atoms with E-state index in [9.17, 15) is 5.11 Å². The standard InChI is InChI=1S/C15H30N2O/c1-15(2)9-10-16(3)14(8-11-18)12-17(15)13-6-4-5-7-13/h13-14,18H,4-12H2,1-3H3. The van der Waals surface area contributed by atoms with Crippen LogP contribution in [-0.2, 0) is 0 Å². The van der Waals surface area contributed by atoms with Crippen molar-refractivity contribution in [3.8, 4) is 0 Å². The highest BCUT2D eigenvalue weighted by atomic mass is 16.3. The molecule has 18 heavy (non-hydrogen) atoms. The molecular weight excluding hydrogens is 224 g/mol. The van der Waals surface area contributed by atoms with E-state index in [1.807, 2.05) is 0 Å². The van der Waals surface area contributed by atoms with E-state index in [1.54, 1.807) is 0 Å². The first kappa shape index (κ1) is 14.3. The molecule has 1 N–H and O–H groups in total. The monoisotopic (exact) mass is 254 g/mol. The van der Waals surface area contributed by atoms with E-state index in [4.69, 9.17) is 0 Å². The summed E-state index contributed by atoms with van der Waals surface area (Å²) in [4.78, 5) is 5.21. The predicted molar refractivity (Wildman–Crippen MR) is 75.8 cm³/mol. The summed E-state index contributed by atoms with van der Waals surface area (Å²) in [6, 6.07) is 1.31. The summed E-state index contributed by atoms with van der Waals surface area (Å²) in [5.41, 5.74) is 0.313. The molecule has 2 rings (SSSR count). The summed E-state index contributed by atoms with van der Waals surface area (Å²) in [6.07, 6.45) is 7.70. The van der Waals surface area contributed by atoms with Crippen LogP contribution in [0.2, 0.25) is 0 Å². The lowest BCUT2D eigenvalue weighted by atomic mass is 9.95. The molecule has 1 heterocycles. The molecule has 0 bridgehead atoms. The van der Waals surface area contributed by atoms with Gasteiger partial charge in [-0.1, -0.05) is 12.8 Å². The van der Waals surface area contributed by atoms with Crippen LogP contribution in [-0.4, -0.2) is 59.3 Å². The third kappa shape index (κ3) is 3.06. The minimum atomic E-state index is 0.313. The molecule has 0 spiro atoms. The van der Waals surface area contributed by atoms with Gasteiger partial charge in [0.1, 0.15) is 0 Å². The summed E-state index contributed by atoms with van der Waals surface area (Å²) >= 11 is 0. The second-order valence-electron chi connectivity index (χ2n) is 6.80. The molecule has 1 aliphatic heterocycles. The molecule has 2 fully saturated rings. The second kappa shape index (κ2) is 5.89. The van der Waals surface area contributed by atoms with E-state index in [0.29, 0.717) is 18.2 Å². The van der Waals surface area contributed by atoms with Crippen molar-refractivity contribution in [3.63, 3.8) is 0 Å². The van der Waals surface area contributed by atoms with Crippen molar-refractivity contribution < 1.29 is 5.11 Å². The Kier molecular flexibility index (Phi) is 4.68. The SMILES string of the molecule is CN1CCC(C)(C)N(C2CCCC2)CC1CCO. The van der Waals surface area contributed by atoms with Gasteiger partial charge in [0.15, 0.2) is 0 Å². The van der Waals surface area contributed by atoms with Crippen LogP contribution in [0.4, 0.5) is 0 Å². The van der Waals surface area contributed by atoms with Crippen molar-refractivity contribution in [2.75, 3.05) is 26.7 Å². The average Bonchev–Trinajstić information content (AvgIpc) is 2.81. The van der Waals surface area contributed by atoms with Crippen molar-refractivity contribution in [2.45, 2.75) is 70.0 Å². The van der Waals surface area contributed by atoms with Crippen LogP contribution in [0.5, 0.6) is 0 Å². The number of rotatable bonds is 3. The summed E-state index contributed by atoms with van der Waals surface area (Å²) in [7, 11) is 2.22. The van der Waals surface area contributed by atoms with Crippen LogP contribution in [0.25, 0.3) is 0 Å². The topological polar surface area (TPSA) is 26.7 Å². The van der Waals surface area contributed by atoms with Crippen LogP contribution in [0.15, 0.2) is 0 Å². The molecule has 1 saturated heterocycles. The minimum Gasteiger partial charge on any atom is -0.396 e. The molecular formula is C15H30N2O. The quantitative estimate of drug-likeness (QED) is 0.835. The lowest BCUT2D eigenvalue weighted by Crippen LogP contribution is -2.51. The van der Waals surface area contributed by atoms with Crippen molar-refractivity contribution >= 4 is 0 Å². The van der Waals surface area contributed by atoms with E-state index < -0.39 is 0 Å². The Balaban J connectivity index is 2.11. The Hall–Kier alpha value is -0.120. The van der Waals surface area contributed by atoms with Gasteiger partial charge in [0.2, 0.25) is 0 Å². The molecule has 0 amide bonds. The molecule has 3 nitrogen and oxygen atoms in total. The van der Waals surface area contributed by atoms with Crippen LogP contribution >= 0.6 is 0 Å². The third-order valence-corrected chi connectivity index (χ3v) is 5.11. The van der Waals surface area contributed by atoms with Crippen LogP contribution in [0.1, 0.15) is 52.4 Å². The minimum absolute atomic E-state index is 0.313. The lowest BCUT2D eigenvalue weighted by molar-refractivity contribution is 0.0625. The molecule has 0 radical (unpaired) electrons. The first-order chi connectivity index (χ1) is 8.54. The number of nitrogens with zero attached hydrogens (tertiary/aromatic N) is 2. The fourth-order valence-corrected chi connectivity index (χ4v) is 3.71. The zero-order valence-electron chi connectivity index (χ0n) is 12.4. The highest BCUT2D eigenvalue weighted by molar-refractivity contribution is 4.94. The maximum absolute atomic E-state index is 9.26. The van der Waals surface area contributed by atoms with Crippen molar-refractivity contribution in [2.24, 2.45) is 0 Å². The number of hydrogen-bond donors (Lipinski definition) is 1. The number of likely N-dealkylation sites (N-methyl/N-ethyl adjacent to an activating group) is 1. The molecule has 1 aliphatic carbocycles. The van der Waals surface area contributed by atoms with Crippen molar-refractivity contribution in [1.29, 1.82) is 0 Å². The molecule has 1 atom stereocenters. The molecule has 1 unspecified atom stereocenters. The zero-order valence-corrected chi connectivity index (χ0v) is 12.4. The van der Waals surface area contributed by atoms with Gasteiger partial charge in [-0.25, -0.2) is 0 Å². The van der Waals surface area contributed by atoms with Gasteiger partial charge in [-0.2, -0.15) is 0 Å². The van der Waals surface area contributed by atoms with Crippen LogP contribution < -0.4 is 0 Å². The maximum Gasteiger partial charge on any atom is 0.0446 e. The molecule has 3 heteroatoms. The van der Waals surface area contributed by atoms with Gasteiger partial charge >= 0.3 is 0 Å². The van der Waals surface area contributed by atoms with Gasteiger partial charge in [0, 0.05) is 30.8 Å². The van der Waals surface area contributed by atoms with Gasteiger partial charge in [0.05, 0.1) is 0 Å². The summed E-state index contributed by atoms with van der Waals surface area (Å²) in [5, 5.41) is 9.26. The van der Waals surface area contributed by atoms with E-state index >= 15 is 0 Å². The lowest BCUT2D eigenvalue weighted by Gasteiger charge is -2.42. The fraction of sp³-hybridized carbons (Fsp3) is 1.00. The number of aliphatic hydroxyl groups excluding tert-OH is 1. The Bertz CT molecular complexity index is 261. The number of aliphatic hydroxyl groups is 1. The third-order valence-electron chi connectivity index (χ3n) is 5.11. The largest absolute Gasteiger partial charge is 0.396 e. The summed E-state index contributed by atoms with van der Waals surface area (Å²) < 4.78 is 0. The van der Waals surface area contributed by atoms with E-state index in [0.717, 1.165) is 25.6 Å². The number of hydrogen-bond acceptors (Lipinski definition) is 3. The van der Waals surface area contributed by atoms with Gasteiger partial charge in [-0.05, 0) is 53.1 Å². The van der Waals surface area contributed by atoms with Gasteiger partial charge < -0.3 is 10.0 Å². The van der Waals surface area contributed by atoms with E-state index in [-0.39, 0.29) is 0 Å². The molecule has 106 valence electrons. The van der Waals surface area contributed by atoms with Crippen LogP contribution in [0.3, 0.4) is 0 Å². The Labute approximate surface area is 112 Å². The van der Waals surface area contributed by atoms with E-state index in [2.05, 4.69) is 30.7 Å². The molecule has 0 aromatic carbocycles. The first-order valence-electron chi connectivity index (χ1n) is 7.62. The highest BCUT2D eigenvalue weighted by Crippen LogP contribution is 2.33. The van der Waals surface area contributed by atoms with Gasteiger partial charge in [-0.15, -0.1) is 0 Å². The highest BCUT2D eigenvalue weighted by Gasteiger charge is 2.38. The van der Waals surface area contributed by atoms with E-state index in [1.165, 1.54) is 32.1 Å². The zero-order chi connectivity index (χ0) is 13.2. The summed E-state index contributed by atoms with van der Waals surface area (Å²) in [6.45, 7) is 7.41. The Morgan fingerprint density at radius 1 is 1.22 bits per heavy atom. The fourth-order valence-electron chi connectivity index (χ4n) is 3.71. The van der Waals surface area contributed by atoms with Crippen LogP contribution in [0, 0.1) is 0 Å². The Morgan fingerprint density at radius 3 is 2.50 bits per heavy atom. The smallest absolute Gasteiger partial charge is 0.0446 e. The maximum atomic E-state index is 9.26. The first-order valence-corrected chi connectivity index (χ1v) is 7.62. The molecule has 0 aromatic heterocycles. The Morgan fingerprint density at radius 2 is 1.89 bits per heavy atom. The molecule has 0 aromatic rings. The van der Waals surface area contributed by atoms with Crippen molar-refractivity contribution in [3.05, 3.63) is 0 Å². The predicted octanol–water partition coefficient (Wildman–Crippen LogP) is 2.10. The molecule has 2 aliphatic rings. The average molecular weight is 254 g/mol. The van der Waals surface area contributed by atoms with Gasteiger partial charge in [-0.3, -0.25) is 4.90 Å². The summed E-state index contributed by atoms with van der Waals surface area (Å²) in [5.74, 6) is 0.